The third-order valence-electron chi connectivity index (χ3n) is 7.97. The highest BCUT2D eigenvalue weighted by Crippen LogP contribution is 2.49. The molecule has 7 nitrogen and oxygen atoms in total. The summed E-state index contributed by atoms with van der Waals surface area (Å²) in [4.78, 5) is 36.6. The van der Waals surface area contributed by atoms with Gasteiger partial charge in [0.1, 0.15) is 11.9 Å². The molecule has 0 bridgehead atoms. The van der Waals surface area contributed by atoms with Gasteiger partial charge in [0.15, 0.2) is 0 Å². The van der Waals surface area contributed by atoms with E-state index in [1.165, 1.54) is 0 Å². The van der Waals surface area contributed by atoms with Crippen LogP contribution < -0.4 is 0 Å². The van der Waals surface area contributed by atoms with E-state index in [2.05, 4.69) is 6.92 Å². The summed E-state index contributed by atoms with van der Waals surface area (Å²) in [6.07, 6.45) is 1.42. The van der Waals surface area contributed by atoms with Crippen LogP contribution in [-0.2, 0) is 19.1 Å². The summed E-state index contributed by atoms with van der Waals surface area (Å²) in [7, 11) is 0. The number of fused-ring (bicyclic) bond motifs is 1. The van der Waals surface area contributed by atoms with Crippen molar-refractivity contribution in [1.29, 1.82) is 0 Å². The Morgan fingerprint density at radius 1 is 1.16 bits per heavy atom. The Bertz CT molecular complexity index is 673. The van der Waals surface area contributed by atoms with Gasteiger partial charge in [-0.3, -0.25) is 14.4 Å². The average molecular weight is 455 g/mol. The van der Waals surface area contributed by atoms with Gasteiger partial charge in [0.2, 0.25) is 0 Å². The highest BCUT2D eigenvalue weighted by Gasteiger charge is 2.51. The molecule has 3 N–H and O–H groups in total. The van der Waals surface area contributed by atoms with Crippen molar-refractivity contribution in [3.8, 4) is 0 Å². The van der Waals surface area contributed by atoms with Crippen LogP contribution in [0.2, 0.25) is 0 Å². The number of rotatable bonds is 10. The number of carboxylic acids is 1. The Morgan fingerprint density at radius 2 is 1.81 bits per heavy atom. The number of aliphatic carboxylic acids is 1. The smallest absolute Gasteiger partial charge is 0.311 e. The van der Waals surface area contributed by atoms with E-state index in [1.807, 2.05) is 27.7 Å². The molecule has 0 aromatic carbocycles. The molecule has 32 heavy (non-hydrogen) atoms. The molecule has 2 aliphatic rings. The number of aliphatic hydroxyl groups excluding tert-OH is 2. The van der Waals surface area contributed by atoms with Gasteiger partial charge in [-0.05, 0) is 70.6 Å². The van der Waals surface area contributed by atoms with E-state index in [4.69, 9.17) is 9.84 Å². The Kier molecular flexibility index (Phi) is 9.29. The summed E-state index contributed by atoms with van der Waals surface area (Å²) in [5, 5.41) is 29.0. The molecule has 2 aliphatic carbocycles. The lowest BCUT2D eigenvalue weighted by Crippen LogP contribution is -2.52. The zero-order valence-corrected chi connectivity index (χ0v) is 20.3. The van der Waals surface area contributed by atoms with Crippen LogP contribution in [0.3, 0.4) is 0 Å². The topological polar surface area (TPSA) is 121 Å². The molecule has 2 rings (SSSR count). The van der Waals surface area contributed by atoms with E-state index in [0.717, 1.165) is 12.8 Å². The summed E-state index contributed by atoms with van der Waals surface area (Å²) >= 11 is 0. The van der Waals surface area contributed by atoms with Crippen LogP contribution in [0, 0.1) is 35.0 Å². The van der Waals surface area contributed by atoms with Crippen molar-refractivity contribution < 1.29 is 34.4 Å². The van der Waals surface area contributed by atoms with Crippen LogP contribution in [-0.4, -0.2) is 51.4 Å². The largest absolute Gasteiger partial charge is 0.481 e. The van der Waals surface area contributed by atoms with Gasteiger partial charge in [-0.25, -0.2) is 0 Å². The first-order chi connectivity index (χ1) is 14.9. The first kappa shape index (κ1) is 26.8. The van der Waals surface area contributed by atoms with Crippen molar-refractivity contribution in [3.05, 3.63) is 0 Å². The molecule has 0 spiro atoms. The SMILES string of the molecule is CCC(C)(C)C(=O)O[C@H]1C[C@@H](C)C(=O)[C@@H]2CC[C@H](C)[C@H](CC[C@@H](O)C[C@@H](O)CC(=O)O)[C@@H]12. The maximum Gasteiger partial charge on any atom is 0.311 e. The number of hydrogen-bond donors (Lipinski definition) is 3. The van der Waals surface area contributed by atoms with Gasteiger partial charge in [0.05, 0.1) is 24.0 Å². The van der Waals surface area contributed by atoms with Gasteiger partial charge in [0, 0.05) is 17.8 Å². The lowest BCUT2D eigenvalue weighted by Gasteiger charge is -2.49. The van der Waals surface area contributed by atoms with E-state index in [0.29, 0.717) is 31.6 Å². The third-order valence-corrected chi connectivity index (χ3v) is 7.97. The van der Waals surface area contributed by atoms with Crippen LogP contribution in [0.25, 0.3) is 0 Å². The van der Waals surface area contributed by atoms with Crippen molar-refractivity contribution in [2.45, 2.75) is 104 Å². The van der Waals surface area contributed by atoms with Crippen molar-refractivity contribution in [2.24, 2.45) is 35.0 Å². The lowest BCUT2D eigenvalue weighted by molar-refractivity contribution is -0.176. The molecule has 0 radical (unpaired) electrons. The number of Topliss-reactive ketones (excluding diaryl/α,β-unsaturated/α-hetero) is 1. The van der Waals surface area contributed by atoms with E-state index in [-0.39, 0.29) is 54.4 Å². The second kappa shape index (κ2) is 11.1. The monoisotopic (exact) mass is 454 g/mol. The Hall–Kier alpha value is -1.47. The molecule has 0 heterocycles. The van der Waals surface area contributed by atoms with Crippen molar-refractivity contribution in [2.75, 3.05) is 0 Å². The predicted molar refractivity (Wildman–Crippen MR) is 120 cm³/mol. The molecular formula is C25H42O7. The normalized spacial score (nSPS) is 32.7. The molecule has 0 aromatic rings. The summed E-state index contributed by atoms with van der Waals surface area (Å²) in [5.74, 6) is -0.932. The highest BCUT2D eigenvalue weighted by atomic mass is 16.5. The van der Waals surface area contributed by atoms with Crippen LogP contribution in [0.15, 0.2) is 0 Å². The second-order valence-electron chi connectivity index (χ2n) is 10.8. The molecule has 2 fully saturated rings. The standard InChI is InChI=1S/C25H42O7/c1-6-25(4,5)24(31)32-20-11-15(3)23(30)19-9-7-14(2)18(22(19)20)10-8-16(26)12-17(27)13-21(28)29/h14-20,22,26-27H,6-13H2,1-5H3,(H,28,29)/t14-,15+,16+,17+,18-,19+,20-,22+/m0/s1. The second-order valence-corrected chi connectivity index (χ2v) is 10.8. The van der Waals surface area contributed by atoms with E-state index in [1.54, 1.807) is 0 Å². The minimum absolute atomic E-state index is 0.0144. The molecule has 8 atom stereocenters. The molecule has 2 saturated carbocycles. The summed E-state index contributed by atoms with van der Waals surface area (Å²) < 4.78 is 6.07. The highest BCUT2D eigenvalue weighted by molar-refractivity contribution is 5.85. The molecule has 7 heteroatoms. The maximum absolute atomic E-state index is 13.0. The molecule has 184 valence electrons. The van der Waals surface area contributed by atoms with Crippen LogP contribution >= 0.6 is 0 Å². The van der Waals surface area contributed by atoms with E-state index < -0.39 is 23.6 Å². The van der Waals surface area contributed by atoms with E-state index in [9.17, 15) is 24.6 Å². The predicted octanol–water partition coefficient (Wildman–Crippen LogP) is 3.59. The summed E-state index contributed by atoms with van der Waals surface area (Å²) in [6, 6.07) is 0. The van der Waals surface area contributed by atoms with Crippen molar-refractivity contribution >= 4 is 17.7 Å². The van der Waals surface area contributed by atoms with Crippen molar-refractivity contribution in [1.82, 2.24) is 0 Å². The Balaban J connectivity index is 2.15. The quantitative estimate of drug-likeness (QED) is 0.431. The van der Waals surface area contributed by atoms with E-state index >= 15 is 0 Å². The number of carbonyl (C=O) groups is 3. The van der Waals surface area contributed by atoms with Gasteiger partial charge in [-0.2, -0.15) is 0 Å². The first-order valence-corrected chi connectivity index (χ1v) is 12.2. The molecule has 0 aliphatic heterocycles. The minimum Gasteiger partial charge on any atom is -0.481 e. The number of hydrogen-bond acceptors (Lipinski definition) is 6. The number of carboxylic acid groups (broad SMARTS) is 1. The fourth-order valence-electron chi connectivity index (χ4n) is 5.53. The summed E-state index contributed by atoms with van der Waals surface area (Å²) in [5.41, 5.74) is -0.577. The molecule has 0 saturated heterocycles. The first-order valence-electron chi connectivity index (χ1n) is 12.2. The fourth-order valence-corrected chi connectivity index (χ4v) is 5.53. The van der Waals surface area contributed by atoms with Crippen LogP contribution in [0.1, 0.15) is 86.0 Å². The van der Waals surface area contributed by atoms with Gasteiger partial charge in [-0.1, -0.05) is 20.8 Å². The maximum atomic E-state index is 13.0. The number of ketones is 1. The van der Waals surface area contributed by atoms with Gasteiger partial charge in [-0.15, -0.1) is 0 Å². The van der Waals surface area contributed by atoms with Gasteiger partial charge in [0.25, 0.3) is 0 Å². The Morgan fingerprint density at radius 3 is 2.41 bits per heavy atom. The van der Waals surface area contributed by atoms with Crippen molar-refractivity contribution in [3.63, 3.8) is 0 Å². The molecule has 0 aromatic heterocycles. The minimum atomic E-state index is -1.09. The third kappa shape index (κ3) is 6.53. The van der Waals surface area contributed by atoms with Gasteiger partial charge >= 0.3 is 11.9 Å². The number of esters is 1. The summed E-state index contributed by atoms with van der Waals surface area (Å²) in [6.45, 7) is 9.80. The lowest BCUT2D eigenvalue weighted by atomic mass is 9.57. The number of ether oxygens (including phenoxy) is 1. The number of carbonyl (C=O) groups excluding carboxylic acids is 2. The molecule has 0 amide bonds. The van der Waals surface area contributed by atoms with Gasteiger partial charge < -0.3 is 20.1 Å². The van der Waals surface area contributed by atoms with Crippen LogP contribution in [0.5, 0.6) is 0 Å². The zero-order valence-electron chi connectivity index (χ0n) is 20.3. The Labute approximate surface area is 191 Å². The molecular weight excluding hydrogens is 412 g/mol. The average Bonchev–Trinajstić information content (AvgIpc) is 2.69. The zero-order chi connectivity index (χ0) is 24.2. The fraction of sp³-hybridized carbons (Fsp3) is 0.880. The van der Waals surface area contributed by atoms with Crippen LogP contribution in [0.4, 0.5) is 0 Å². The molecule has 0 unspecified atom stereocenters. The number of aliphatic hydroxyl groups is 2.